The first-order valence-electron chi connectivity index (χ1n) is 9.70. The highest BCUT2D eigenvalue weighted by molar-refractivity contribution is 5.99. The lowest BCUT2D eigenvalue weighted by molar-refractivity contribution is -0.225. The standard InChI is InChI=1S/C19H23F6N3O/c20-18(21,22)12-9-13(19(23,24)25)11-14(10-12)27-17(29)15-5-4-6-26-16(15)28-7-2-1-3-8-28/h4-6,12-14H,1-3,7-11H2,(H,27,29). The van der Waals surface area contributed by atoms with Crippen LogP contribution in [0.25, 0.3) is 0 Å². The zero-order valence-corrected chi connectivity index (χ0v) is 15.7. The predicted molar refractivity (Wildman–Crippen MR) is 94.5 cm³/mol. The molecule has 1 amide bonds. The van der Waals surface area contributed by atoms with Gasteiger partial charge in [0.25, 0.3) is 5.91 Å². The number of carbonyl (C=O) groups is 1. The van der Waals surface area contributed by atoms with E-state index in [4.69, 9.17) is 0 Å². The van der Waals surface area contributed by atoms with Crippen LogP contribution >= 0.6 is 0 Å². The molecule has 10 heteroatoms. The number of hydrogen-bond acceptors (Lipinski definition) is 3. The quantitative estimate of drug-likeness (QED) is 0.717. The number of anilines is 1. The molecule has 4 nitrogen and oxygen atoms in total. The largest absolute Gasteiger partial charge is 0.391 e. The monoisotopic (exact) mass is 423 g/mol. The second-order valence-electron chi connectivity index (χ2n) is 7.78. The normalized spacial score (nSPS) is 26.3. The van der Waals surface area contributed by atoms with Crippen molar-refractivity contribution in [3.05, 3.63) is 23.9 Å². The molecule has 0 bridgehead atoms. The highest BCUT2D eigenvalue weighted by Crippen LogP contribution is 2.45. The van der Waals surface area contributed by atoms with E-state index in [-0.39, 0.29) is 5.56 Å². The summed E-state index contributed by atoms with van der Waals surface area (Å²) in [6, 6.07) is 1.82. The number of aromatic nitrogens is 1. The molecular formula is C19H23F6N3O. The number of rotatable bonds is 3. The van der Waals surface area contributed by atoms with E-state index >= 15 is 0 Å². The van der Waals surface area contributed by atoms with Crippen molar-refractivity contribution in [2.75, 3.05) is 18.0 Å². The Morgan fingerprint density at radius 1 is 0.966 bits per heavy atom. The van der Waals surface area contributed by atoms with Crippen molar-refractivity contribution in [3.63, 3.8) is 0 Å². The zero-order chi connectivity index (χ0) is 21.2. The van der Waals surface area contributed by atoms with Crippen LogP contribution in [-0.4, -0.2) is 42.4 Å². The van der Waals surface area contributed by atoms with Crippen LogP contribution in [0, 0.1) is 11.8 Å². The second-order valence-corrected chi connectivity index (χ2v) is 7.78. The molecular weight excluding hydrogens is 400 g/mol. The van der Waals surface area contributed by atoms with Crippen LogP contribution in [0.5, 0.6) is 0 Å². The van der Waals surface area contributed by atoms with Crippen molar-refractivity contribution in [2.45, 2.75) is 56.9 Å². The summed E-state index contributed by atoms with van der Waals surface area (Å²) < 4.78 is 78.9. The van der Waals surface area contributed by atoms with Crippen LogP contribution in [-0.2, 0) is 0 Å². The molecule has 2 unspecified atom stereocenters. The van der Waals surface area contributed by atoms with Crippen LogP contribution < -0.4 is 10.2 Å². The van der Waals surface area contributed by atoms with Crippen LogP contribution in [0.3, 0.4) is 0 Å². The lowest BCUT2D eigenvalue weighted by Crippen LogP contribution is -2.47. The lowest BCUT2D eigenvalue weighted by atomic mass is 9.77. The van der Waals surface area contributed by atoms with Crippen molar-refractivity contribution >= 4 is 11.7 Å². The fourth-order valence-electron chi connectivity index (χ4n) is 4.17. The summed E-state index contributed by atoms with van der Waals surface area (Å²) in [5.41, 5.74) is 0.173. The lowest BCUT2D eigenvalue weighted by Gasteiger charge is -2.37. The van der Waals surface area contributed by atoms with E-state index in [0.29, 0.717) is 18.9 Å². The van der Waals surface area contributed by atoms with Gasteiger partial charge in [0.15, 0.2) is 0 Å². The number of hydrogen-bond donors (Lipinski definition) is 1. The molecule has 2 heterocycles. The third-order valence-electron chi connectivity index (χ3n) is 5.66. The Kier molecular flexibility index (Phi) is 6.28. The molecule has 1 aromatic heterocycles. The number of alkyl halides is 6. The van der Waals surface area contributed by atoms with Gasteiger partial charge < -0.3 is 10.2 Å². The summed E-state index contributed by atoms with van der Waals surface area (Å²) in [6.45, 7) is 1.40. The summed E-state index contributed by atoms with van der Waals surface area (Å²) in [4.78, 5) is 18.9. The summed E-state index contributed by atoms with van der Waals surface area (Å²) in [5, 5.41) is 2.41. The maximum atomic E-state index is 13.1. The first-order valence-corrected chi connectivity index (χ1v) is 9.70. The van der Waals surface area contributed by atoms with E-state index in [1.807, 2.05) is 4.90 Å². The topological polar surface area (TPSA) is 45.2 Å². The molecule has 1 aliphatic carbocycles. The van der Waals surface area contributed by atoms with Crippen molar-refractivity contribution in [1.29, 1.82) is 0 Å². The number of nitrogens with zero attached hydrogens (tertiary/aromatic N) is 2. The Bertz CT molecular complexity index is 693. The number of nitrogens with one attached hydrogen (secondary N) is 1. The van der Waals surface area contributed by atoms with E-state index in [9.17, 15) is 31.1 Å². The van der Waals surface area contributed by atoms with Crippen LogP contribution in [0.2, 0.25) is 0 Å². The van der Waals surface area contributed by atoms with E-state index in [2.05, 4.69) is 10.3 Å². The summed E-state index contributed by atoms with van der Waals surface area (Å²) in [7, 11) is 0. The summed E-state index contributed by atoms with van der Waals surface area (Å²) in [6.07, 6.45) is -7.14. The van der Waals surface area contributed by atoms with E-state index < -0.39 is 55.4 Å². The molecule has 0 radical (unpaired) electrons. The van der Waals surface area contributed by atoms with Gasteiger partial charge in [0.05, 0.1) is 17.4 Å². The molecule has 1 aliphatic heterocycles. The van der Waals surface area contributed by atoms with E-state index in [1.54, 1.807) is 0 Å². The Labute approximate surface area is 164 Å². The number of carbonyl (C=O) groups excluding carboxylic acids is 1. The van der Waals surface area contributed by atoms with Gasteiger partial charge in [0.1, 0.15) is 5.82 Å². The van der Waals surface area contributed by atoms with Gasteiger partial charge in [-0.15, -0.1) is 0 Å². The Balaban J connectivity index is 1.77. The van der Waals surface area contributed by atoms with Gasteiger partial charge in [-0.2, -0.15) is 26.3 Å². The number of pyridine rings is 1. The van der Waals surface area contributed by atoms with Crippen LogP contribution in [0.15, 0.2) is 18.3 Å². The first-order chi connectivity index (χ1) is 13.6. The first kappa shape index (κ1) is 21.7. The number of halogens is 6. The van der Waals surface area contributed by atoms with Crippen LogP contribution in [0.4, 0.5) is 32.2 Å². The smallest absolute Gasteiger partial charge is 0.356 e. The second kappa shape index (κ2) is 8.39. The molecule has 2 aliphatic rings. The Hall–Kier alpha value is -2.00. The van der Waals surface area contributed by atoms with Crippen molar-refractivity contribution in [1.82, 2.24) is 10.3 Å². The molecule has 3 rings (SSSR count). The molecule has 29 heavy (non-hydrogen) atoms. The fourth-order valence-corrected chi connectivity index (χ4v) is 4.17. The number of piperidine rings is 1. The summed E-state index contributed by atoms with van der Waals surface area (Å²) in [5.74, 6) is -4.46. The zero-order valence-electron chi connectivity index (χ0n) is 15.7. The van der Waals surface area contributed by atoms with Gasteiger partial charge in [-0.25, -0.2) is 4.98 Å². The minimum absolute atomic E-state index is 0.173. The van der Waals surface area contributed by atoms with Crippen molar-refractivity contribution in [3.8, 4) is 0 Å². The molecule has 1 saturated heterocycles. The van der Waals surface area contributed by atoms with Crippen molar-refractivity contribution < 1.29 is 31.1 Å². The Morgan fingerprint density at radius 2 is 1.55 bits per heavy atom. The number of amides is 1. The minimum Gasteiger partial charge on any atom is -0.356 e. The Morgan fingerprint density at radius 3 is 2.10 bits per heavy atom. The molecule has 1 aromatic rings. The van der Waals surface area contributed by atoms with Gasteiger partial charge in [-0.05, 0) is 50.7 Å². The molecule has 0 aromatic carbocycles. The SMILES string of the molecule is O=C(NC1CC(C(F)(F)F)CC(C(F)(F)F)C1)c1cccnc1N1CCCCC1. The molecule has 1 N–H and O–H groups in total. The predicted octanol–water partition coefficient (Wildman–Crippen LogP) is 4.71. The van der Waals surface area contributed by atoms with Gasteiger partial charge in [-0.3, -0.25) is 4.79 Å². The van der Waals surface area contributed by atoms with Gasteiger partial charge in [0.2, 0.25) is 0 Å². The van der Waals surface area contributed by atoms with Crippen LogP contribution in [0.1, 0.15) is 48.9 Å². The average Bonchev–Trinajstić information content (AvgIpc) is 2.67. The maximum Gasteiger partial charge on any atom is 0.391 e. The average molecular weight is 423 g/mol. The van der Waals surface area contributed by atoms with E-state index in [1.165, 1.54) is 18.3 Å². The minimum atomic E-state index is -4.74. The third-order valence-corrected chi connectivity index (χ3v) is 5.66. The highest BCUT2D eigenvalue weighted by Gasteiger charge is 2.52. The van der Waals surface area contributed by atoms with Gasteiger partial charge in [0, 0.05) is 25.3 Å². The summed E-state index contributed by atoms with van der Waals surface area (Å²) >= 11 is 0. The van der Waals surface area contributed by atoms with Gasteiger partial charge in [-0.1, -0.05) is 0 Å². The molecule has 162 valence electrons. The van der Waals surface area contributed by atoms with Crippen molar-refractivity contribution in [2.24, 2.45) is 11.8 Å². The molecule has 1 saturated carbocycles. The molecule has 0 spiro atoms. The van der Waals surface area contributed by atoms with E-state index in [0.717, 1.165) is 19.3 Å². The fraction of sp³-hybridized carbons (Fsp3) is 0.684. The molecule has 2 fully saturated rings. The third kappa shape index (κ3) is 5.33. The molecule has 2 atom stereocenters. The highest BCUT2D eigenvalue weighted by atomic mass is 19.4. The maximum absolute atomic E-state index is 13.1. The van der Waals surface area contributed by atoms with Gasteiger partial charge >= 0.3 is 12.4 Å².